The smallest absolute Gasteiger partial charge is 0.0723 e. The molecule has 0 bridgehead atoms. The van der Waals surface area contributed by atoms with Crippen molar-refractivity contribution < 1.29 is 1.37 Å². The van der Waals surface area contributed by atoms with Crippen LogP contribution >= 0.6 is 0 Å². The zero-order valence-corrected chi connectivity index (χ0v) is 19.2. The van der Waals surface area contributed by atoms with Gasteiger partial charge in [-0.1, -0.05) is 68.4 Å². The molecule has 1 fully saturated rings. The third kappa shape index (κ3) is 2.83. The van der Waals surface area contributed by atoms with E-state index in [4.69, 9.17) is 4.98 Å². The molecule has 3 heterocycles. The van der Waals surface area contributed by atoms with Crippen LogP contribution in [0.5, 0.6) is 0 Å². The minimum Gasteiger partial charge on any atom is -0.308 e. The zero-order chi connectivity index (χ0) is 23.1. The summed E-state index contributed by atoms with van der Waals surface area (Å²) in [4.78, 5) is 4.81. The van der Waals surface area contributed by atoms with Crippen molar-refractivity contribution >= 4 is 38.1 Å². The second kappa shape index (κ2) is 6.81. The molecule has 0 unspecified atom stereocenters. The van der Waals surface area contributed by atoms with Crippen molar-refractivity contribution in [3.63, 3.8) is 0 Å². The summed E-state index contributed by atoms with van der Waals surface area (Å²) < 4.78 is 11.7. The first-order chi connectivity index (χ1) is 16.4. The Kier molecular flexibility index (Phi) is 3.73. The Morgan fingerprint density at radius 1 is 0.818 bits per heavy atom. The van der Waals surface area contributed by atoms with Crippen LogP contribution in [0, 0.1) is 5.41 Å². The van der Waals surface area contributed by atoms with Crippen LogP contribution in [0.25, 0.3) is 49.4 Å². The van der Waals surface area contributed by atoms with Gasteiger partial charge in [-0.2, -0.15) is 0 Å². The maximum atomic E-state index is 9.31. The van der Waals surface area contributed by atoms with Gasteiger partial charge < -0.3 is 4.40 Å². The lowest BCUT2D eigenvalue weighted by atomic mass is 9.71. The standard InChI is InChI=1S/C31H28N2/c1-31(2)15-13-20(14-16-31)22-11-12-28-25(17-22)23-9-6-10-24-26-19-32-27(21-7-4-3-5-8-21)18-29(26)33(28)30(23)24/h3-12,17-20H,13-16H2,1-2H3/i20D. The molecule has 3 aromatic carbocycles. The fraction of sp³-hybridized carbons (Fsp3) is 0.258. The van der Waals surface area contributed by atoms with E-state index in [0.717, 1.165) is 36.9 Å². The molecule has 0 aliphatic heterocycles. The lowest BCUT2D eigenvalue weighted by molar-refractivity contribution is 0.224. The highest BCUT2D eigenvalue weighted by atomic mass is 14.9. The molecule has 0 amide bonds. The van der Waals surface area contributed by atoms with E-state index in [1.54, 1.807) is 0 Å². The van der Waals surface area contributed by atoms with Gasteiger partial charge in [-0.15, -0.1) is 0 Å². The minimum atomic E-state index is -0.484. The molecule has 1 aliphatic rings. The summed E-state index contributed by atoms with van der Waals surface area (Å²) in [7, 11) is 0. The maximum absolute atomic E-state index is 9.31. The van der Waals surface area contributed by atoms with Crippen molar-refractivity contribution in [3.8, 4) is 11.3 Å². The summed E-state index contributed by atoms with van der Waals surface area (Å²) in [6, 6.07) is 26.0. The summed E-state index contributed by atoms with van der Waals surface area (Å²) in [5, 5.41) is 4.97. The molecule has 0 radical (unpaired) electrons. The van der Waals surface area contributed by atoms with Crippen LogP contribution in [0.1, 0.15) is 52.4 Å². The van der Waals surface area contributed by atoms with Crippen LogP contribution in [0.4, 0.5) is 0 Å². The third-order valence-electron chi connectivity index (χ3n) is 7.89. The minimum absolute atomic E-state index is 0.356. The summed E-state index contributed by atoms with van der Waals surface area (Å²) in [5.74, 6) is -0.484. The van der Waals surface area contributed by atoms with Gasteiger partial charge in [0.25, 0.3) is 0 Å². The molecular weight excluding hydrogens is 400 g/mol. The van der Waals surface area contributed by atoms with Gasteiger partial charge in [0, 0.05) is 34.7 Å². The van der Waals surface area contributed by atoms with Crippen molar-refractivity contribution in [2.45, 2.75) is 45.4 Å². The number of hydrogen-bond acceptors (Lipinski definition) is 1. The highest BCUT2D eigenvalue weighted by Gasteiger charge is 2.28. The second-order valence-electron chi connectivity index (χ2n) is 10.5. The topological polar surface area (TPSA) is 17.3 Å². The van der Waals surface area contributed by atoms with Crippen molar-refractivity contribution in [2.24, 2.45) is 5.41 Å². The number of nitrogens with zero attached hydrogens (tertiary/aromatic N) is 2. The van der Waals surface area contributed by atoms with Crippen molar-refractivity contribution in [2.75, 3.05) is 0 Å². The molecule has 0 saturated heterocycles. The van der Waals surface area contributed by atoms with Gasteiger partial charge in [-0.3, -0.25) is 4.98 Å². The SMILES string of the molecule is [2H]C1(c2ccc3c(c2)c2cccc4c5cnc(-c6ccccc6)cc5n3c24)CCC(C)(C)CC1. The quantitative estimate of drug-likeness (QED) is 0.269. The van der Waals surface area contributed by atoms with Gasteiger partial charge in [0.05, 0.1) is 22.2 Å². The Hall–Kier alpha value is -3.39. The van der Waals surface area contributed by atoms with Gasteiger partial charge in [0.15, 0.2) is 0 Å². The van der Waals surface area contributed by atoms with Crippen LogP contribution in [-0.2, 0) is 0 Å². The van der Waals surface area contributed by atoms with Crippen molar-refractivity contribution in [3.05, 3.63) is 84.6 Å². The Bertz CT molecular complexity index is 1680. The first kappa shape index (κ1) is 18.1. The number of aromatic nitrogens is 2. The number of pyridine rings is 1. The van der Waals surface area contributed by atoms with Crippen LogP contribution < -0.4 is 0 Å². The summed E-state index contributed by atoms with van der Waals surface area (Å²) in [6.07, 6.45) is 6.13. The number of hydrogen-bond donors (Lipinski definition) is 0. The molecule has 2 nitrogen and oxygen atoms in total. The Morgan fingerprint density at radius 2 is 1.58 bits per heavy atom. The Balaban J connectivity index is 1.48. The van der Waals surface area contributed by atoms with E-state index in [0.29, 0.717) is 5.41 Å². The molecule has 3 aromatic heterocycles. The van der Waals surface area contributed by atoms with Crippen molar-refractivity contribution in [1.82, 2.24) is 9.38 Å². The van der Waals surface area contributed by atoms with E-state index < -0.39 is 5.89 Å². The average molecular weight is 430 g/mol. The van der Waals surface area contributed by atoms with E-state index in [9.17, 15) is 1.37 Å². The molecule has 6 aromatic rings. The molecule has 1 saturated carbocycles. The molecule has 162 valence electrons. The van der Waals surface area contributed by atoms with E-state index in [1.807, 2.05) is 12.3 Å². The van der Waals surface area contributed by atoms with Gasteiger partial charge in [0.2, 0.25) is 0 Å². The zero-order valence-electron chi connectivity index (χ0n) is 20.2. The lowest BCUT2D eigenvalue weighted by Gasteiger charge is -2.34. The fourth-order valence-corrected chi connectivity index (χ4v) is 5.88. The van der Waals surface area contributed by atoms with Gasteiger partial charge in [0.1, 0.15) is 0 Å². The van der Waals surface area contributed by atoms with E-state index in [1.165, 1.54) is 43.7 Å². The first-order valence-corrected chi connectivity index (χ1v) is 12.1. The van der Waals surface area contributed by atoms with Crippen LogP contribution in [-0.4, -0.2) is 9.38 Å². The normalized spacial score (nSPS) is 18.4. The lowest BCUT2D eigenvalue weighted by Crippen LogP contribution is -2.20. The predicted octanol–water partition coefficient (Wildman–Crippen LogP) is 8.58. The summed E-state index contributed by atoms with van der Waals surface area (Å²) >= 11 is 0. The largest absolute Gasteiger partial charge is 0.308 e. The predicted molar refractivity (Wildman–Crippen MR) is 139 cm³/mol. The number of rotatable bonds is 2. The van der Waals surface area contributed by atoms with Gasteiger partial charge >= 0.3 is 0 Å². The van der Waals surface area contributed by atoms with Crippen molar-refractivity contribution in [1.29, 1.82) is 0 Å². The molecular formula is C31H28N2. The van der Waals surface area contributed by atoms with Crippen LogP contribution in [0.2, 0.25) is 0 Å². The second-order valence-corrected chi connectivity index (χ2v) is 10.5. The molecule has 33 heavy (non-hydrogen) atoms. The first-order valence-electron chi connectivity index (χ1n) is 12.6. The monoisotopic (exact) mass is 429 g/mol. The van der Waals surface area contributed by atoms with Gasteiger partial charge in [-0.05, 0) is 60.8 Å². The highest BCUT2D eigenvalue weighted by Crippen LogP contribution is 2.45. The van der Waals surface area contributed by atoms with E-state index >= 15 is 0 Å². The highest BCUT2D eigenvalue weighted by molar-refractivity contribution is 6.23. The van der Waals surface area contributed by atoms with Crippen LogP contribution in [0.15, 0.2) is 79.0 Å². The molecule has 0 spiro atoms. The fourth-order valence-electron chi connectivity index (χ4n) is 5.88. The van der Waals surface area contributed by atoms with E-state index in [2.05, 4.69) is 85.0 Å². The summed E-state index contributed by atoms with van der Waals surface area (Å²) in [6.45, 7) is 4.68. The van der Waals surface area contributed by atoms with Crippen LogP contribution in [0.3, 0.4) is 0 Å². The molecule has 7 rings (SSSR count). The Labute approximate surface area is 195 Å². The molecule has 2 heteroatoms. The molecule has 0 N–H and O–H groups in total. The number of fused-ring (bicyclic) bond motifs is 6. The Morgan fingerprint density at radius 3 is 2.36 bits per heavy atom. The molecule has 0 atom stereocenters. The number of benzene rings is 3. The third-order valence-corrected chi connectivity index (χ3v) is 7.89. The summed E-state index contributed by atoms with van der Waals surface area (Å²) in [5.41, 5.74) is 7.33. The number of para-hydroxylation sites is 1. The maximum Gasteiger partial charge on any atom is 0.0723 e. The molecule has 1 aliphatic carbocycles. The van der Waals surface area contributed by atoms with Gasteiger partial charge in [-0.25, -0.2) is 0 Å². The average Bonchev–Trinajstić information content (AvgIpc) is 3.38. The van der Waals surface area contributed by atoms with E-state index in [-0.39, 0.29) is 0 Å².